The van der Waals surface area contributed by atoms with Gasteiger partial charge < -0.3 is 10.0 Å². The van der Waals surface area contributed by atoms with Crippen molar-refractivity contribution in [1.29, 1.82) is 0 Å². The second-order valence-electron chi connectivity index (χ2n) is 5.14. The van der Waals surface area contributed by atoms with Crippen LogP contribution < -0.4 is 0 Å². The molecule has 1 aliphatic heterocycles. The van der Waals surface area contributed by atoms with Gasteiger partial charge in [-0.3, -0.25) is 4.79 Å². The Morgan fingerprint density at radius 2 is 1.94 bits per heavy atom. The van der Waals surface area contributed by atoms with Gasteiger partial charge in [0.2, 0.25) is 5.91 Å². The van der Waals surface area contributed by atoms with Crippen LogP contribution in [0.25, 0.3) is 0 Å². The van der Waals surface area contributed by atoms with E-state index in [1.165, 1.54) is 0 Å². The molecular weight excluding hydrogens is 206 g/mol. The first-order chi connectivity index (χ1) is 7.59. The van der Waals surface area contributed by atoms with Gasteiger partial charge in [0.25, 0.3) is 0 Å². The molecule has 0 bridgehead atoms. The second kappa shape index (κ2) is 4.44. The molecule has 2 fully saturated rings. The molecule has 1 heterocycles. The van der Waals surface area contributed by atoms with Crippen LogP contribution in [-0.2, 0) is 9.59 Å². The van der Waals surface area contributed by atoms with Crippen molar-refractivity contribution in [3.8, 4) is 0 Å². The zero-order valence-electron chi connectivity index (χ0n) is 9.69. The molecule has 1 saturated carbocycles. The van der Waals surface area contributed by atoms with Crippen LogP contribution in [0.1, 0.15) is 39.0 Å². The number of nitrogens with zero attached hydrogens (tertiary/aromatic N) is 1. The largest absolute Gasteiger partial charge is 0.480 e. The van der Waals surface area contributed by atoms with Crippen molar-refractivity contribution in [3.05, 3.63) is 0 Å². The molecule has 2 atom stereocenters. The molecule has 1 amide bonds. The number of carbonyl (C=O) groups excluding carboxylic acids is 1. The fourth-order valence-electron chi connectivity index (χ4n) is 2.53. The lowest BCUT2D eigenvalue weighted by molar-refractivity contribution is -0.156. The van der Waals surface area contributed by atoms with Crippen molar-refractivity contribution in [2.75, 3.05) is 6.54 Å². The van der Waals surface area contributed by atoms with Gasteiger partial charge in [-0.1, -0.05) is 13.3 Å². The Morgan fingerprint density at radius 3 is 2.44 bits per heavy atom. The van der Waals surface area contributed by atoms with Crippen molar-refractivity contribution in [1.82, 2.24) is 4.90 Å². The fourth-order valence-corrected chi connectivity index (χ4v) is 2.53. The van der Waals surface area contributed by atoms with Gasteiger partial charge >= 0.3 is 5.97 Å². The van der Waals surface area contributed by atoms with E-state index in [4.69, 9.17) is 5.11 Å². The Bertz CT molecular complexity index is 299. The molecule has 16 heavy (non-hydrogen) atoms. The lowest BCUT2D eigenvalue weighted by Gasteiger charge is -2.39. The van der Waals surface area contributed by atoms with Gasteiger partial charge in [0.1, 0.15) is 6.04 Å². The number of likely N-dealkylation sites (tertiary alicyclic amines) is 1. The van der Waals surface area contributed by atoms with E-state index in [2.05, 4.69) is 6.92 Å². The molecule has 4 heteroatoms. The van der Waals surface area contributed by atoms with Gasteiger partial charge in [0.05, 0.1) is 0 Å². The van der Waals surface area contributed by atoms with E-state index in [-0.39, 0.29) is 11.8 Å². The minimum atomic E-state index is -0.848. The second-order valence-corrected chi connectivity index (χ2v) is 5.14. The van der Waals surface area contributed by atoms with Crippen LogP contribution in [0.15, 0.2) is 0 Å². The molecule has 0 aromatic heterocycles. The van der Waals surface area contributed by atoms with Gasteiger partial charge in [-0.2, -0.15) is 0 Å². The molecule has 2 rings (SSSR count). The van der Waals surface area contributed by atoms with Gasteiger partial charge in [-0.25, -0.2) is 4.79 Å². The van der Waals surface area contributed by atoms with Crippen LogP contribution in [0.5, 0.6) is 0 Å². The Labute approximate surface area is 95.6 Å². The van der Waals surface area contributed by atoms with Crippen molar-refractivity contribution in [2.45, 2.75) is 45.1 Å². The third kappa shape index (κ3) is 2.06. The maximum atomic E-state index is 12.1. The van der Waals surface area contributed by atoms with Crippen LogP contribution in [0, 0.1) is 11.8 Å². The average Bonchev–Trinajstić information content (AvgIpc) is 2.14. The highest BCUT2D eigenvalue weighted by Gasteiger charge is 2.38. The molecular formula is C12H19NO3. The fraction of sp³-hybridized carbons (Fsp3) is 0.833. The summed E-state index contributed by atoms with van der Waals surface area (Å²) in [6, 6.07) is -0.586. The van der Waals surface area contributed by atoms with Crippen molar-refractivity contribution in [2.24, 2.45) is 11.8 Å². The van der Waals surface area contributed by atoms with Crippen LogP contribution >= 0.6 is 0 Å². The summed E-state index contributed by atoms with van der Waals surface area (Å²) in [5, 5.41) is 9.15. The predicted octanol–water partition coefficient (Wildman–Crippen LogP) is 1.50. The SMILES string of the molecule is CC1CCN(C(=O)C2CCC2)C(C(=O)O)C1. The van der Waals surface area contributed by atoms with E-state index in [0.29, 0.717) is 18.9 Å². The normalized spacial score (nSPS) is 30.9. The first kappa shape index (κ1) is 11.4. The Kier molecular flexibility index (Phi) is 3.17. The first-order valence-electron chi connectivity index (χ1n) is 6.13. The van der Waals surface area contributed by atoms with Gasteiger partial charge in [0, 0.05) is 12.5 Å². The Hall–Kier alpha value is -1.06. The quantitative estimate of drug-likeness (QED) is 0.774. The lowest BCUT2D eigenvalue weighted by atomic mass is 9.82. The van der Waals surface area contributed by atoms with E-state index in [1.54, 1.807) is 4.90 Å². The van der Waals surface area contributed by atoms with Gasteiger partial charge in [-0.15, -0.1) is 0 Å². The standard InChI is InChI=1S/C12H19NO3/c1-8-5-6-13(10(7-8)12(15)16)11(14)9-3-2-4-9/h8-10H,2-7H2,1H3,(H,15,16). The molecule has 0 aromatic rings. The molecule has 2 aliphatic rings. The summed E-state index contributed by atoms with van der Waals surface area (Å²) in [5.74, 6) is -0.258. The number of hydrogen-bond acceptors (Lipinski definition) is 2. The maximum absolute atomic E-state index is 12.1. The summed E-state index contributed by atoms with van der Waals surface area (Å²) in [5.41, 5.74) is 0. The van der Waals surface area contributed by atoms with Crippen LogP contribution in [-0.4, -0.2) is 34.5 Å². The number of aliphatic carboxylic acids is 1. The zero-order chi connectivity index (χ0) is 11.7. The van der Waals surface area contributed by atoms with Gasteiger partial charge in [-0.05, 0) is 31.6 Å². The minimum absolute atomic E-state index is 0.0746. The number of hydrogen-bond donors (Lipinski definition) is 1. The maximum Gasteiger partial charge on any atom is 0.326 e. The first-order valence-corrected chi connectivity index (χ1v) is 6.13. The predicted molar refractivity (Wildman–Crippen MR) is 58.9 cm³/mol. The third-order valence-electron chi connectivity index (χ3n) is 3.89. The molecule has 0 radical (unpaired) electrons. The Balaban J connectivity index is 2.05. The number of rotatable bonds is 2. The summed E-state index contributed by atoms with van der Waals surface area (Å²) < 4.78 is 0. The topological polar surface area (TPSA) is 57.6 Å². The van der Waals surface area contributed by atoms with Gasteiger partial charge in [0.15, 0.2) is 0 Å². The molecule has 1 saturated heterocycles. The molecule has 0 spiro atoms. The number of amides is 1. The summed E-state index contributed by atoms with van der Waals surface area (Å²) in [4.78, 5) is 24.8. The summed E-state index contributed by atoms with van der Waals surface area (Å²) in [7, 11) is 0. The molecule has 90 valence electrons. The summed E-state index contributed by atoms with van der Waals surface area (Å²) in [6.07, 6.45) is 4.53. The zero-order valence-corrected chi connectivity index (χ0v) is 9.69. The highest BCUT2D eigenvalue weighted by atomic mass is 16.4. The molecule has 0 aromatic carbocycles. The monoisotopic (exact) mass is 225 g/mol. The van der Waals surface area contributed by atoms with Crippen LogP contribution in [0.4, 0.5) is 0 Å². The molecule has 1 aliphatic carbocycles. The van der Waals surface area contributed by atoms with E-state index < -0.39 is 12.0 Å². The molecule has 1 N–H and O–H groups in total. The smallest absolute Gasteiger partial charge is 0.326 e. The van der Waals surface area contributed by atoms with Crippen molar-refractivity contribution >= 4 is 11.9 Å². The van der Waals surface area contributed by atoms with E-state index in [9.17, 15) is 9.59 Å². The van der Waals surface area contributed by atoms with E-state index in [1.807, 2.05) is 0 Å². The summed E-state index contributed by atoms with van der Waals surface area (Å²) in [6.45, 7) is 2.68. The molecule has 4 nitrogen and oxygen atoms in total. The van der Waals surface area contributed by atoms with Crippen molar-refractivity contribution in [3.63, 3.8) is 0 Å². The van der Waals surface area contributed by atoms with E-state index in [0.717, 1.165) is 25.7 Å². The Morgan fingerprint density at radius 1 is 1.25 bits per heavy atom. The number of carboxylic acid groups (broad SMARTS) is 1. The van der Waals surface area contributed by atoms with E-state index >= 15 is 0 Å². The number of carbonyl (C=O) groups is 2. The number of piperidine rings is 1. The highest BCUT2D eigenvalue weighted by Crippen LogP contribution is 2.31. The average molecular weight is 225 g/mol. The van der Waals surface area contributed by atoms with Crippen molar-refractivity contribution < 1.29 is 14.7 Å². The minimum Gasteiger partial charge on any atom is -0.480 e. The highest BCUT2D eigenvalue weighted by molar-refractivity contribution is 5.85. The van der Waals surface area contributed by atoms with Crippen LogP contribution in [0.3, 0.4) is 0 Å². The van der Waals surface area contributed by atoms with Crippen LogP contribution in [0.2, 0.25) is 0 Å². The molecule has 2 unspecified atom stereocenters. The summed E-state index contributed by atoms with van der Waals surface area (Å²) >= 11 is 0. The lowest BCUT2D eigenvalue weighted by Crippen LogP contribution is -2.52. The number of carboxylic acids is 1. The third-order valence-corrected chi connectivity index (χ3v) is 3.89.